The van der Waals surface area contributed by atoms with Crippen molar-refractivity contribution in [2.45, 2.75) is 70.4 Å². The molecule has 0 bridgehead atoms. The number of pyridine rings is 1. The maximum absolute atomic E-state index is 10.4. The van der Waals surface area contributed by atoms with E-state index in [-0.39, 0.29) is 0 Å². The largest absolute Gasteiger partial charge is 0.386 e. The van der Waals surface area contributed by atoms with Gasteiger partial charge < -0.3 is 5.11 Å². The molecule has 2 aliphatic rings. The molecule has 192 valence electrons. The molecule has 4 aromatic rings. The smallest absolute Gasteiger partial charge is 0.181 e. The first-order valence-corrected chi connectivity index (χ1v) is 13.8. The third-order valence-electron chi connectivity index (χ3n) is 8.60. The Morgan fingerprint density at radius 2 is 1.68 bits per heavy atom. The van der Waals surface area contributed by atoms with Crippen LogP contribution in [0.3, 0.4) is 0 Å². The summed E-state index contributed by atoms with van der Waals surface area (Å²) in [5.41, 5.74) is 7.73. The molecule has 6 heteroatoms. The summed E-state index contributed by atoms with van der Waals surface area (Å²) >= 11 is 6.54. The van der Waals surface area contributed by atoms with Gasteiger partial charge in [-0.25, -0.2) is 4.98 Å². The number of hydrogen-bond donors (Lipinski definition) is 2. The number of aromatic amines is 1. The molecule has 3 heterocycles. The minimum absolute atomic E-state index is 0.309. The standard InChI is InChI=1S/C31H35ClN4O/c1-30(2,37)26-9-8-23(18-27(26)32)28-25-17-24(19-33-29(25)35-34-28)21-7-6-20-10-12-31(3,13-11-22(20)16-21)36-14-4-5-15-36/h6-9,16-19,37H,4-5,10-15H2,1-3H3,(H,33,34,35). The number of nitrogens with one attached hydrogen (secondary N) is 1. The van der Waals surface area contributed by atoms with E-state index < -0.39 is 5.60 Å². The molecule has 2 aromatic heterocycles. The topological polar surface area (TPSA) is 65.0 Å². The molecule has 2 aromatic carbocycles. The second-order valence-corrected chi connectivity index (χ2v) is 12.0. The van der Waals surface area contributed by atoms with Gasteiger partial charge in [-0.2, -0.15) is 5.10 Å². The summed E-state index contributed by atoms with van der Waals surface area (Å²) in [4.78, 5) is 7.40. The Morgan fingerprint density at radius 3 is 2.41 bits per heavy atom. The van der Waals surface area contributed by atoms with Gasteiger partial charge in [-0.05, 0) is 101 Å². The molecule has 1 aliphatic carbocycles. The molecule has 1 unspecified atom stereocenters. The van der Waals surface area contributed by atoms with E-state index >= 15 is 0 Å². The van der Waals surface area contributed by atoms with E-state index in [4.69, 9.17) is 11.6 Å². The number of aromatic nitrogens is 3. The van der Waals surface area contributed by atoms with Crippen molar-refractivity contribution in [3.63, 3.8) is 0 Å². The van der Waals surface area contributed by atoms with Gasteiger partial charge in [-0.3, -0.25) is 10.00 Å². The van der Waals surface area contributed by atoms with Crippen molar-refractivity contribution in [2.75, 3.05) is 13.1 Å². The minimum Gasteiger partial charge on any atom is -0.386 e. The number of aryl methyl sites for hydroxylation is 2. The van der Waals surface area contributed by atoms with Crippen LogP contribution in [0, 0.1) is 0 Å². The van der Waals surface area contributed by atoms with Crippen LogP contribution < -0.4 is 0 Å². The van der Waals surface area contributed by atoms with Gasteiger partial charge in [0.15, 0.2) is 5.65 Å². The van der Waals surface area contributed by atoms with Crippen molar-refractivity contribution in [3.8, 4) is 22.4 Å². The molecular formula is C31H35ClN4O. The second kappa shape index (κ2) is 9.23. The number of fused-ring (bicyclic) bond motifs is 2. The van der Waals surface area contributed by atoms with Gasteiger partial charge in [-0.15, -0.1) is 0 Å². The number of rotatable bonds is 4. The summed E-state index contributed by atoms with van der Waals surface area (Å²) in [5.74, 6) is 0. The van der Waals surface area contributed by atoms with Crippen LogP contribution in [0.2, 0.25) is 5.02 Å². The van der Waals surface area contributed by atoms with Crippen LogP contribution in [0.5, 0.6) is 0 Å². The lowest BCUT2D eigenvalue weighted by Gasteiger charge is -2.38. The van der Waals surface area contributed by atoms with Crippen molar-refractivity contribution < 1.29 is 5.11 Å². The Bertz CT molecular complexity index is 1460. The van der Waals surface area contributed by atoms with Crippen molar-refractivity contribution in [3.05, 3.63) is 70.4 Å². The average molecular weight is 515 g/mol. The van der Waals surface area contributed by atoms with Crippen molar-refractivity contribution >= 4 is 22.6 Å². The van der Waals surface area contributed by atoms with Crippen LogP contribution in [0.4, 0.5) is 0 Å². The van der Waals surface area contributed by atoms with E-state index in [0.29, 0.717) is 21.8 Å². The number of likely N-dealkylation sites (tertiary alicyclic amines) is 1. The first-order chi connectivity index (χ1) is 17.7. The molecule has 2 N–H and O–H groups in total. The number of hydrogen-bond acceptors (Lipinski definition) is 4. The van der Waals surface area contributed by atoms with Gasteiger partial charge in [0, 0.05) is 38.8 Å². The zero-order valence-electron chi connectivity index (χ0n) is 21.9. The van der Waals surface area contributed by atoms with E-state index in [1.54, 1.807) is 13.8 Å². The number of nitrogens with zero attached hydrogens (tertiary/aromatic N) is 3. The molecule has 0 amide bonds. The summed E-state index contributed by atoms with van der Waals surface area (Å²) in [6, 6.07) is 14.9. The number of aliphatic hydroxyl groups is 1. The summed E-state index contributed by atoms with van der Waals surface area (Å²) in [7, 11) is 0. The molecule has 1 fully saturated rings. The van der Waals surface area contributed by atoms with Gasteiger partial charge in [0.2, 0.25) is 0 Å². The molecular weight excluding hydrogens is 480 g/mol. The highest BCUT2D eigenvalue weighted by Gasteiger charge is 2.34. The lowest BCUT2D eigenvalue weighted by molar-refractivity contribution is 0.0787. The first kappa shape index (κ1) is 24.6. The van der Waals surface area contributed by atoms with Gasteiger partial charge in [0.25, 0.3) is 0 Å². The fourth-order valence-corrected chi connectivity index (χ4v) is 6.64. The van der Waals surface area contributed by atoms with Gasteiger partial charge in [0.1, 0.15) is 0 Å². The first-order valence-electron chi connectivity index (χ1n) is 13.5. The highest BCUT2D eigenvalue weighted by Crippen LogP contribution is 2.37. The lowest BCUT2D eigenvalue weighted by Crippen LogP contribution is -2.44. The zero-order chi connectivity index (χ0) is 25.8. The fourth-order valence-electron chi connectivity index (χ4n) is 6.23. The van der Waals surface area contributed by atoms with Gasteiger partial charge in [0.05, 0.1) is 11.3 Å². The predicted octanol–water partition coefficient (Wildman–Crippen LogP) is 6.91. The Morgan fingerprint density at radius 1 is 0.946 bits per heavy atom. The number of benzene rings is 2. The predicted molar refractivity (Wildman–Crippen MR) is 151 cm³/mol. The van der Waals surface area contributed by atoms with Gasteiger partial charge >= 0.3 is 0 Å². The summed E-state index contributed by atoms with van der Waals surface area (Å²) in [5, 5.41) is 19.5. The van der Waals surface area contributed by atoms with Crippen LogP contribution in [-0.4, -0.2) is 43.8 Å². The van der Waals surface area contributed by atoms with E-state index in [9.17, 15) is 5.11 Å². The van der Waals surface area contributed by atoms with Crippen LogP contribution >= 0.6 is 11.6 Å². The SMILES string of the molecule is CC(C)(O)c1ccc(-c2[nH]nc3ncc(-c4ccc5c(c4)CCC(C)(N4CCCC4)CC5)cc23)cc1Cl. The molecule has 0 saturated carbocycles. The van der Waals surface area contributed by atoms with E-state index in [1.165, 1.54) is 55.5 Å². The third kappa shape index (κ3) is 4.58. The normalized spacial score (nSPS) is 20.8. The summed E-state index contributed by atoms with van der Waals surface area (Å²) < 4.78 is 0. The number of H-pyrrole nitrogens is 1. The lowest BCUT2D eigenvalue weighted by atomic mass is 9.90. The highest BCUT2D eigenvalue weighted by atomic mass is 35.5. The number of halogens is 1. The molecule has 6 rings (SSSR count). The van der Waals surface area contributed by atoms with E-state index in [2.05, 4.69) is 51.3 Å². The fraction of sp³-hybridized carbons (Fsp3) is 0.419. The van der Waals surface area contributed by atoms with Gasteiger partial charge in [-0.1, -0.05) is 41.9 Å². The van der Waals surface area contributed by atoms with Crippen molar-refractivity contribution in [1.82, 2.24) is 20.1 Å². The van der Waals surface area contributed by atoms with Crippen LogP contribution in [-0.2, 0) is 18.4 Å². The molecule has 5 nitrogen and oxygen atoms in total. The summed E-state index contributed by atoms with van der Waals surface area (Å²) in [6.45, 7) is 8.46. The molecule has 37 heavy (non-hydrogen) atoms. The Kier molecular flexibility index (Phi) is 6.14. The zero-order valence-corrected chi connectivity index (χ0v) is 22.7. The quantitative estimate of drug-likeness (QED) is 0.290. The maximum Gasteiger partial charge on any atom is 0.181 e. The second-order valence-electron chi connectivity index (χ2n) is 11.6. The Balaban J connectivity index is 1.32. The van der Waals surface area contributed by atoms with E-state index in [0.717, 1.165) is 35.0 Å². The summed E-state index contributed by atoms with van der Waals surface area (Å²) in [6.07, 6.45) is 9.32. The minimum atomic E-state index is -1.00. The molecule has 1 atom stereocenters. The Labute approximate surface area is 223 Å². The average Bonchev–Trinajstić information content (AvgIpc) is 3.53. The molecule has 0 radical (unpaired) electrons. The van der Waals surface area contributed by atoms with Crippen LogP contribution in [0.25, 0.3) is 33.4 Å². The highest BCUT2D eigenvalue weighted by molar-refractivity contribution is 6.31. The third-order valence-corrected chi connectivity index (χ3v) is 8.91. The van der Waals surface area contributed by atoms with E-state index in [1.807, 2.05) is 24.4 Å². The van der Waals surface area contributed by atoms with Crippen LogP contribution in [0.15, 0.2) is 48.7 Å². The van der Waals surface area contributed by atoms with Crippen LogP contribution in [0.1, 0.15) is 63.1 Å². The monoisotopic (exact) mass is 514 g/mol. The van der Waals surface area contributed by atoms with Crippen molar-refractivity contribution in [2.24, 2.45) is 0 Å². The molecule has 1 aliphatic heterocycles. The molecule has 1 saturated heterocycles. The van der Waals surface area contributed by atoms with Crippen molar-refractivity contribution in [1.29, 1.82) is 0 Å². The Hall–Kier alpha value is -2.73. The molecule has 0 spiro atoms. The maximum atomic E-state index is 10.4.